The number of rotatable bonds is 0. The van der Waals surface area contributed by atoms with Crippen molar-refractivity contribution < 1.29 is 63.2 Å². The molecular formula is H2CaO13P3-7. The molecule has 0 aromatic heterocycles. The zero-order chi connectivity index (χ0) is 13.5. The number of hydrogen-bond donors (Lipinski definition) is 0. The normalized spacial score (nSPS) is 10.4. The van der Waals surface area contributed by atoms with Crippen molar-refractivity contribution >= 4 is 61.2 Å². The second-order valence-corrected chi connectivity index (χ2v) is 4.02. The molecule has 0 unspecified atom stereocenters. The van der Waals surface area contributed by atoms with Crippen LogP contribution in [0.2, 0.25) is 0 Å². The van der Waals surface area contributed by atoms with E-state index in [1.165, 1.54) is 0 Å². The van der Waals surface area contributed by atoms with Crippen molar-refractivity contribution in [3.8, 4) is 0 Å². The third kappa shape index (κ3) is 1770. The fourth-order valence-corrected chi connectivity index (χ4v) is 0. The third-order valence-corrected chi connectivity index (χ3v) is 0. The first-order chi connectivity index (χ1) is 6.00. The fourth-order valence-electron chi connectivity index (χ4n) is 0. The standard InChI is InChI=1S/Ca.3H3O4P.H2O/c;3*1-5(2,3)4;/h;3*(H3,1,2,3,4);1H2/q+2;;;;/p-9. The van der Waals surface area contributed by atoms with Gasteiger partial charge in [-0.05, 0) is 0 Å². The monoisotopic (exact) mass is 343 g/mol. The van der Waals surface area contributed by atoms with E-state index < -0.39 is 23.5 Å². The van der Waals surface area contributed by atoms with Gasteiger partial charge in [0.05, 0.1) is 0 Å². The second-order valence-electron chi connectivity index (χ2n) is 1.34. The molecule has 0 atom stereocenters. The Hall–Kier alpha value is 1.55. The van der Waals surface area contributed by atoms with Gasteiger partial charge in [0.2, 0.25) is 0 Å². The van der Waals surface area contributed by atoms with Gasteiger partial charge in [0.25, 0.3) is 0 Å². The van der Waals surface area contributed by atoms with E-state index in [1.54, 1.807) is 0 Å². The van der Waals surface area contributed by atoms with E-state index in [1.807, 2.05) is 0 Å². The molecule has 0 heterocycles. The molecule has 0 rings (SSSR count). The predicted octanol–water partition coefficient (Wildman–Crippen LogP) is -9.68. The second kappa shape index (κ2) is 12.6. The summed E-state index contributed by atoms with van der Waals surface area (Å²) in [5.41, 5.74) is 0. The van der Waals surface area contributed by atoms with Gasteiger partial charge in [0, 0.05) is 0 Å². The summed E-state index contributed by atoms with van der Waals surface area (Å²) in [6.07, 6.45) is 0. The summed E-state index contributed by atoms with van der Waals surface area (Å²) < 4.78 is 25.6. The summed E-state index contributed by atoms with van der Waals surface area (Å²) in [6.45, 7) is 0. The molecule has 0 fully saturated rings. The van der Waals surface area contributed by atoms with Crippen molar-refractivity contribution in [2.45, 2.75) is 0 Å². The fraction of sp³-hybridized carbons (Fsp3) is 0. The van der Waals surface area contributed by atoms with Gasteiger partial charge >= 0.3 is 37.7 Å². The topological polar surface area (TPSA) is 290 Å². The minimum Gasteiger partial charge on any atom is -0.822 e. The Morgan fingerprint density at radius 3 is 0.471 bits per heavy atom. The van der Waals surface area contributed by atoms with E-state index in [-0.39, 0.29) is 43.2 Å². The smallest absolute Gasteiger partial charge is 0.822 e. The molecule has 0 aliphatic rings. The van der Waals surface area contributed by atoms with Crippen LogP contribution >= 0.6 is 23.5 Å². The molecule has 0 aliphatic heterocycles. The van der Waals surface area contributed by atoms with Gasteiger partial charge in [-0.3, -0.25) is 0 Å². The van der Waals surface area contributed by atoms with E-state index in [9.17, 15) is 0 Å². The van der Waals surface area contributed by atoms with Gasteiger partial charge in [-0.1, -0.05) is 0 Å². The molecule has 104 valence electrons. The van der Waals surface area contributed by atoms with Gasteiger partial charge in [0.15, 0.2) is 0 Å². The van der Waals surface area contributed by atoms with E-state index in [4.69, 9.17) is 57.7 Å². The molecule has 0 radical (unpaired) electrons. The molecule has 0 spiro atoms. The maximum Gasteiger partial charge on any atom is 2.00 e. The average Bonchev–Trinajstić information content (AvgIpc) is 1.41. The molecule has 0 saturated carbocycles. The van der Waals surface area contributed by atoms with Gasteiger partial charge in [-0.25, -0.2) is 0 Å². The first-order valence-electron chi connectivity index (χ1n) is 2.19. The molecule has 0 bridgehead atoms. The molecule has 0 aromatic rings. The Balaban J connectivity index is -0.0000000400. The molecule has 17 heavy (non-hydrogen) atoms. The van der Waals surface area contributed by atoms with Crippen LogP contribution in [-0.2, 0) is 13.7 Å². The summed E-state index contributed by atoms with van der Waals surface area (Å²) in [7, 11) is -16.2. The Bertz CT molecular complexity index is 203. The largest absolute Gasteiger partial charge is 2.00 e. The van der Waals surface area contributed by atoms with Crippen LogP contribution in [0.1, 0.15) is 0 Å². The van der Waals surface area contributed by atoms with Crippen LogP contribution in [0.15, 0.2) is 0 Å². The molecule has 0 saturated heterocycles. The molecule has 0 aromatic carbocycles. The average molecular weight is 343 g/mol. The number of phosphoric acid groups is 3. The summed E-state index contributed by atoms with van der Waals surface area (Å²) >= 11 is 0. The van der Waals surface area contributed by atoms with E-state index in [0.717, 1.165) is 0 Å². The minimum atomic E-state index is -5.39. The maximum atomic E-state index is 8.55. The molecule has 13 nitrogen and oxygen atoms in total. The van der Waals surface area contributed by atoms with Crippen LogP contribution < -0.4 is 44.0 Å². The van der Waals surface area contributed by atoms with Crippen molar-refractivity contribution in [1.29, 1.82) is 0 Å². The molecule has 17 heteroatoms. The Morgan fingerprint density at radius 1 is 0.471 bits per heavy atom. The maximum absolute atomic E-state index is 8.55. The summed E-state index contributed by atoms with van der Waals surface area (Å²) in [5.74, 6) is 0. The SMILES string of the molecule is O.O=P([O-])([O-])[O-].O=P([O-])([O-])[O-].O=P([O-])([O-])[O-].[Ca+2]. The first kappa shape index (κ1) is 31.1. The van der Waals surface area contributed by atoms with Gasteiger partial charge < -0.3 is 63.2 Å². The Morgan fingerprint density at radius 2 is 0.471 bits per heavy atom. The van der Waals surface area contributed by atoms with Gasteiger partial charge in [-0.2, -0.15) is 23.5 Å². The quantitative estimate of drug-likeness (QED) is 0.292. The summed E-state index contributed by atoms with van der Waals surface area (Å²) in [5, 5.41) is 0. The Kier molecular flexibility index (Phi) is 23.0. The number of hydrogen-bond acceptors (Lipinski definition) is 12. The summed E-state index contributed by atoms with van der Waals surface area (Å²) in [4.78, 5) is 76.9. The zero-order valence-electron chi connectivity index (χ0n) is 7.45. The van der Waals surface area contributed by atoms with Gasteiger partial charge in [0.1, 0.15) is 0 Å². The molecule has 0 aliphatic carbocycles. The van der Waals surface area contributed by atoms with Crippen molar-refractivity contribution in [1.82, 2.24) is 0 Å². The van der Waals surface area contributed by atoms with Crippen LogP contribution in [0, 0.1) is 0 Å². The summed E-state index contributed by atoms with van der Waals surface area (Å²) in [6, 6.07) is 0. The van der Waals surface area contributed by atoms with Crippen molar-refractivity contribution in [3.05, 3.63) is 0 Å². The molecule has 0 amide bonds. The van der Waals surface area contributed by atoms with E-state index in [2.05, 4.69) is 0 Å². The van der Waals surface area contributed by atoms with Crippen molar-refractivity contribution in [2.75, 3.05) is 0 Å². The van der Waals surface area contributed by atoms with Crippen LogP contribution in [0.3, 0.4) is 0 Å². The van der Waals surface area contributed by atoms with Crippen LogP contribution in [-0.4, -0.2) is 43.2 Å². The molecule has 2 N–H and O–H groups in total. The predicted molar refractivity (Wildman–Crippen MR) is 32.2 cm³/mol. The van der Waals surface area contributed by atoms with Crippen LogP contribution in [0.25, 0.3) is 0 Å². The van der Waals surface area contributed by atoms with Crippen LogP contribution in [0.5, 0.6) is 0 Å². The Labute approximate surface area is 124 Å². The first-order valence-corrected chi connectivity index (χ1v) is 6.57. The van der Waals surface area contributed by atoms with Crippen molar-refractivity contribution in [2.24, 2.45) is 0 Å². The molecular weight excluding hydrogens is 341 g/mol. The zero-order valence-corrected chi connectivity index (χ0v) is 12.3. The third-order valence-electron chi connectivity index (χ3n) is 0. The van der Waals surface area contributed by atoms with Crippen molar-refractivity contribution in [3.63, 3.8) is 0 Å². The minimum absolute atomic E-state index is 0. The van der Waals surface area contributed by atoms with Gasteiger partial charge in [-0.15, -0.1) is 0 Å². The van der Waals surface area contributed by atoms with E-state index >= 15 is 0 Å². The van der Waals surface area contributed by atoms with Crippen LogP contribution in [0.4, 0.5) is 0 Å². The van der Waals surface area contributed by atoms with E-state index in [0.29, 0.717) is 0 Å².